The first-order chi connectivity index (χ1) is 11.3. The molecular weight excluding hydrogens is 347 g/mol. The minimum Gasteiger partial charge on any atom is -0.393 e. The van der Waals surface area contributed by atoms with Gasteiger partial charge in [-0.1, -0.05) is 11.6 Å². The van der Waals surface area contributed by atoms with Gasteiger partial charge in [-0.15, -0.1) is 0 Å². The second-order valence-electron chi connectivity index (χ2n) is 4.72. The third kappa shape index (κ3) is 4.39. The Morgan fingerprint density at radius 1 is 1.25 bits per heavy atom. The standard InChI is InChI=1S/C14H15ClF3N5O/c1-24-5-4-20-12-11(19)13(22-7-21-12)23-10-6-8(14(16,17)18)2-3-9(10)15/h2-3,6-7H,4-5,19H2,1H3,(H2,20,21,22,23). The Morgan fingerprint density at radius 3 is 2.62 bits per heavy atom. The van der Waals surface area contributed by atoms with Crippen LogP contribution in [-0.4, -0.2) is 30.2 Å². The van der Waals surface area contributed by atoms with Gasteiger partial charge in [0.2, 0.25) is 0 Å². The lowest BCUT2D eigenvalue weighted by Gasteiger charge is -2.14. The van der Waals surface area contributed by atoms with Crippen molar-refractivity contribution in [2.45, 2.75) is 6.18 Å². The van der Waals surface area contributed by atoms with Crippen molar-refractivity contribution in [3.05, 3.63) is 35.1 Å². The van der Waals surface area contributed by atoms with Gasteiger partial charge < -0.3 is 21.1 Å². The van der Waals surface area contributed by atoms with Crippen molar-refractivity contribution in [1.82, 2.24) is 9.97 Å². The maximum absolute atomic E-state index is 12.8. The summed E-state index contributed by atoms with van der Waals surface area (Å²) in [7, 11) is 1.55. The summed E-state index contributed by atoms with van der Waals surface area (Å²) in [4.78, 5) is 7.91. The summed E-state index contributed by atoms with van der Waals surface area (Å²) in [6.45, 7) is 0.896. The fraction of sp³-hybridized carbons (Fsp3) is 0.286. The highest BCUT2D eigenvalue weighted by molar-refractivity contribution is 6.33. The molecule has 1 heterocycles. The summed E-state index contributed by atoms with van der Waals surface area (Å²) in [5.41, 5.74) is 5.29. The second kappa shape index (κ2) is 7.54. The fourth-order valence-electron chi connectivity index (χ4n) is 1.83. The van der Waals surface area contributed by atoms with Crippen LogP contribution < -0.4 is 16.4 Å². The van der Waals surface area contributed by atoms with Crippen molar-refractivity contribution in [1.29, 1.82) is 0 Å². The first-order valence-electron chi connectivity index (χ1n) is 6.80. The molecule has 0 aliphatic heterocycles. The van der Waals surface area contributed by atoms with Gasteiger partial charge in [-0.2, -0.15) is 13.2 Å². The Bertz CT molecular complexity index is 711. The summed E-state index contributed by atoms with van der Waals surface area (Å²) in [6, 6.07) is 2.94. The molecule has 0 bridgehead atoms. The molecule has 0 amide bonds. The summed E-state index contributed by atoms with van der Waals surface area (Å²) < 4.78 is 43.3. The Labute approximate surface area is 141 Å². The number of rotatable bonds is 6. The normalized spacial score (nSPS) is 11.4. The van der Waals surface area contributed by atoms with E-state index in [0.29, 0.717) is 19.0 Å². The van der Waals surface area contributed by atoms with E-state index in [2.05, 4.69) is 20.6 Å². The Balaban J connectivity index is 2.26. The lowest BCUT2D eigenvalue weighted by atomic mass is 10.2. The largest absolute Gasteiger partial charge is 0.416 e. The Morgan fingerprint density at radius 2 is 1.96 bits per heavy atom. The van der Waals surface area contributed by atoms with E-state index in [1.54, 1.807) is 7.11 Å². The van der Waals surface area contributed by atoms with Gasteiger partial charge >= 0.3 is 6.18 Å². The molecular formula is C14H15ClF3N5O. The van der Waals surface area contributed by atoms with E-state index in [1.807, 2.05) is 0 Å². The number of halogens is 4. The van der Waals surface area contributed by atoms with Gasteiger partial charge in [0.25, 0.3) is 0 Å². The molecule has 2 rings (SSSR count). The molecule has 0 fully saturated rings. The molecule has 24 heavy (non-hydrogen) atoms. The number of alkyl halides is 3. The van der Waals surface area contributed by atoms with Crippen LogP contribution in [0.15, 0.2) is 24.5 Å². The third-order valence-corrected chi connectivity index (χ3v) is 3.36. The van der Waals surface area contributed by atoms with E-state index < -0.39 is 11.7 Å². The Hall–Kier alpha value is -2.26. The number of nitrogens with two attached hydrogens (primary N) is 1. The predicted octanol–water partition coefficient (Wildman–Crippen LogP) is 3.53. The monoisotopic (exact) mass is 361 g/mol. The number of benzene rings is 1. The molecule has 0 aliphatic carbocycles. The smallest absolute Gasteiger partial charge is 0.393 e. The number of aromatic nitrogens is 2. The molecule has 0 aliphatic rings. The van der Waals surface area contributed by atoms with Crippen LogP contribution in [0.3, 0.4) is 0 Å². The number of nitrogen functional groups attached to an aromatic ring is 1. The van der Waals surface area contributed by atoms with Crippen LogP contribution in [0.25, 0.3) is 0 Å². The highest BCUT2D eigenvalue weighted by atomic mass is 35.5. The van der Waals surface area contributed by atoms with Crippen molar-refractivity contribution in [2.75, 3.05) is 36.6 Å². The molecule has 0 radical (unpaired) electrons. The van der Waals surface area contributed by atoms with Gasteiger partial charge in [0, 0.05) is 13.7 Å². The van der Waals surface area contributed by atoms with Crippen molar-refractivity contribution in [3.8, 4) is 0 Å². The van der Waals surface area contributed by atoms with Gasteiger partial charge in [-0.3, -0.25) is 0 Å². The number of ether oxygens (including phenoxy) is 1. The first-order valence-corrected chi connectivity index (χ1v) is 7.17. The first kappa shape index (κ1) is 18.1. The summed E-state index contributed by atoms with van der Waals surface area (Å²) in [5, 5.41) is 5.75. The van der Waals surface area contributed by atoms with Crippen molar-refractivity contribution < 1.29 is 17.9 Å². The summed E-state index contributed by atoms with van der Waals surface area (Å²) in [6.07, 6.45) is -3.25. The zero-order valence-electron chi connectivity index (χ0n) is 12.6. The third-order valence-electron chi connectivity index (χ3n) is 3.03. The number of anilines is 4. The molecule has 2 aromatic rings. The van der Waals surface area contributed by atoms with E-state index in [0.717, 1.165) is 18.2 Å². The van der Waals surface area contributed by atoms with Crippen LogP contribution >= 0.6 is 11.6 Å². The zero-order chi connectivity index (χ0) is 17.7. The minimum atomic E-state index is -4.48. The van der Waals surface area contributed by atoms with Crippen LogP contribution in [0.1, 0.15) is 5.56 Å². The van der Waals surface area contributed by atoms with Gasteiger partial charge in [0.1, 0.15) is 12.0 Å². The van der Waals surface area contributed by atoms with Crippen LogP contribution in [0.4, 0.5) is 36.2 Å². The summed E-state index contributed by atoms with van der Waals surface area (Å²) >= 11 is 5.94. The molecule has 10 heteroatoms. The predicted molar refractivity (Wildman–Crippen MR) is 86.5 cm³/mol. The van der Waals surface area contributed by atoms with E-state index in [1.165, 1.54) is 6.33 Å². The second-order valence-corrected chi connectivity index (χ2v) is 5.13. The van der Waals surface area contributed by atoms with E-state index in [4.69, 9.17) is 22.1 Å². The van der Waals surface area contributed by atoms with Gasteiger partial charge in [0.05, 0.1) is 22.9 Å². The number of hydrogen-bond acceptors (Lipinski definition) is 6. The Kier molecular flexibility index (Phi) is 5.68. The summed E-state index contributed by atoms with van der Waals surface area (Å²) in [5.74, 6) is 0.485. The average molecular weight is 362 g/mol. The zero-order valence-corrected chi connectivity index (χ0v) is 13.4. The topological polar surface area (TPSA) is 85.1 Å². The average Bonchev–Trinajstić information content (AvgIpc) is 2.52. The molecule has 1 aromatic carbocycles. The van der Waals surface area contributed by atoms with Gasteiger partial charge in [0.15, 0.2) is 11.6 Å². The minimum absolute atomic E-state index is 0.0414. The molecule has 0 saturated carbocycles. The maximum atomic E-state index is 12.8. The number of hydrogen-bond donors (Lipinski definition) is 3. The molecule has 6 nitrogen and oxygen atoms in total. The maximum Gasteiger partial charge on any atom is 0.416 e. The van der Waals surface area contributed by atoms with Crippen molar-refractivity contribution >= 4 is 34.6 Å². The van der Waals surface area contributed by atoms with Gasteiger partial charge in [-0.05, 0) is 18.2 Å². The molecule has 1 aromatic heterocycles. The van der Waals surface area contributed by atoms with Crippen LogP contribution in [0.2, 0.25) is 5.02 Å². The lowest BCUT2D eigenvalue weighted by Crippen LogP contribution is -2.12. The number of methoxy groups -OCH3 is 1. The van der Waals surface area contributed by atoms with Crippen LogP contribution in [0, 0.1) is 0 Å². The lowest BCUT2D eigenvalue weighted by molar-refractivity contribution is -0.137. The number of nitrogens with zero attached hydrogens (tertiary/aromatic N) is 2. The molecule has 130 valence electrons. The highest BCUT2D eigenvalue weighted by Gasteiger charge is 2.31. The van der Waals surface area contributed by atoms with E-state index >= 15 is 0 Å². The SMILES string of the molecule is COCCNc1ncnc(Nc2cc(C(F)(F)F)ccc2Cl)c1N. The molecule has 0 unspecified atom stereocenters. The van der Waals surface area contributed by atoms with Crippen molar-refractivity contribution in [3.63, 3.8) is 0 Å². The van der Waals surface area contributed by atoms with E-state index in [-0.39, 0.29) is 22.2 Å². The highest BCUT2D eigenvalue weighted by Crippen LogP contribution is 2.35. The molecule has 4 N–H and O–H groups in total. The quantitative estimate of drug-likeness (QED) is 0.682. The molecule has 0 atom stereocenters. The molecule has 0 spiro atoms. The van der Waals surface area contributed by atoms with Crippen LogP contribution in [0.5, 0.6) is 0 Å². The van der Waals surface area contributed by atoms with Crippen LogP contribution in [-0.2, 0) is 10.9 Å². The van der Waals surface area contributed by atoms with Gasteiger partial charge in [-0.25, -0.2) is 9.97 Å². The molecule has 0 saturated heterocycles. The van der Waals surface area contributed by atoms with Crippen molar-refractivity contribution in [2.24, 2.45) is 0 Å². The van der Waals surface area contributed by atoms with E-state index in [9.17, 15) is 13.2 Å². The fourth-order valence-corrected chi connectivity index (χ4v) is 2.00. The number of nitrogens with one attached hydrogen (secondary N) is 2.